The van der Waals surface area contributed by atoms with Crippen molar-refractivity contribution in [1.82, 2.24) is 0 Å². The molecular weight excluding hydrogens is 789 g/mol. The first-order valence-corrected chi connectivity index (χ1v) is 21.5. The highest BCUT2D eigenvalue weighted by Crippen LogP contribution is 2.41. The minimum Gasteiger partial charge on any atom is -0.374 e. The minimum atomic E-state index is -1.02. The van der Waals surface area contributed by atoms with Gasteiger partial charge in [-0.1, -0.05) is 152 Å². The predicted octanol–water partition coefficient (Wildman–Crippen LogP) is 8.18. The Balaban J connectivity index is 1.11. The van der Waals surface area contributed by atoms with E-state index in [1.54, 1.807) is 7.11 Å². The molecule has 3 saturated heterocycles. The summed E-state index contributed by atoms with van der Waals surface area (Å²) in [5.41, 5.74) is 5.08. The van der Waals surface area contributed by atoms with Crippen molar-refractivity contribution in [3.8, 4) is 0 Å². The maximum absolute atomic E-state index is 7.12. The van der Waals surface area contributed by atoms with Crippen molar-refractivity contribution < 1.29 is 52.1 Å². The molecule has 5 aromatic rings. The molecule has 8 rings (SSSR count). The molecule has 10 atom stereocenters. The number of methoxy groups -OCH3 is 1. The van der Waals surface area contributed by atoms with Crippen LogP contribution in [0.3, 0.4) is 0 Å². The van der Waals surface area contributed by atoms with E-state index in [1.807, 2.05) is 166 Å². The van der Waals surface area contributed by atoms with Crippen LogP contribution in [0.4, 0.5) is 0 Å². The normalized spacial score (nSPS) is 28.0. The number of benzene rings is 5. The van der Waals surface area contributed by atoms with Crippen LogP contribution in [0, 0.1) is 0 Å². The Bertz CT molecular complexity index is 2020. The SMILES string of the molecule is CO[C@H]1O[C@H](COCc2ccccc2)[C@@H]2OC(C)(C)O[C@@H]2[C@H]1O[C@H]1O[C@H](COCc2ccccc2)[C@@H](OCc2ccccc2)[C@H](OCc2ccccc2)[C@H]1OCc1ccccc1. The molecular formula is C51H58O11. The zero-order chi connectivity index (χ0) is 42.6. The maximum Gasteiger partial charge on any atom is 0.187 e. The van der Waals surface area contributed by atoms with Gasteiger partial charge < -0.3 is 52.1 Å². The summed E-state index contributed by atoms with van der Waals surface area (Å²) in [5.74, 6) is -0.942. The third-order valence-corrected chi connectivity index (χ3v) is 11.2. The summed E-state index contributed by atoms with van der Waals surface area (Å²) in [6, 6.07) is 50.2. The van der Waals surface area contributed by atoms with Crippen LogP contribution >= 0.6 is 0 Å². The first-order chi connectivity index (χ1) is 30.4. The molecule has 0 aliphatic carbocycles. The first kappa shape index (κ1) is 44.3. The number of hydrogen-bond donors (Lipinski definition) is 0. The first-order valence-electron chi connectivity index (χ1n) is 21.5. The molecule has 0 unspecified atom stereocenters. The Labute approximate surface area is 365 Å². The lowest BCUT2D eigenvalue weighted by Crippen LogP contribution is -2.65. The van der Waals surface area contributed by atoms with Crippen molar-refractivity contribution >= 4 is 0 Å². The third-order valence-electron chi connectivity index (χ3n) is 11.2. The lowest BCUT2D eigenvalue weighted by molar-refractivity contribution is -0.369. The summed E-state index contributed by atoms with van der Waals surface area (Å²) in [5, 5.41) is 0. The van der Waals surface area contributed by atoms with E-state index >= 15 is 0 Å². The number of rotatable bonds is 20. The van der Waals surface area contributed by atoms with E-state index < -0.39 is 67.2 Å². The molecule has 3 aliphatic heterocycles. The Morgan fingerprint density at radius 1 is 0.419 bits per heavy atom. The highest BCUT2D eigenvalue weighted by atomic mass is 16.8. The fourth-order valence-corrected chi connectivity index (χ4v) is 8.18. The Hall–Kier alpha value is -4.34. The van der Waals surface area contributed by atoms with Gasteiger partial charge in [0.2, 0.25) is 0 Å². The molecule has 11 nitrogen and oxygen atoms in total. The monoisotopic (exact) mass is 846 g/mol. The van der Waals surface area contributed by atoms with Crippen LogP contribution in [0.15, 0.2) is 152 Å². The van der Waals surface area contributed by atoms with Gasteiger partial charge >= 0.3 is 0 Å². The standard InChI is InChI=1S/C51H58O11/c1-51(2)61-44-42(35-54-30-37-21-11-5-12-22-37)58-49(52-3)48(46(44)62-51)60-50-47(57-33-40-27-17-8-18-28-40)45(56-32-39-25-15-7-16-26-39)43(55-31-38-23-13-6-14-24-38)41(59-50)34-53-29-36-19-9-4-10-20-36/h4-28,41-50H,29-35H2,1-3H3/t41-,42-,43-,44+,45+,46+,47-,48-,49+,50-/m1/s1. The van der Waals surface area contributed by atoms with E-state index in [0.717, 1.165) is 27.8 Å². The van der Waals surface area contributed by atoms with Gasteiger partial charge in [0.15, 0.2) is 18.4 Å². The smallest absolute Gasteiger partial charge is 0.187 e. The molecule has 0 amide bonds. The van der Waals surface area contributed by atoms with Gasteiger partial charge in [-0.05, 0) is 41.7 Å². The molecule has 62 heavy (non-hydrogen) atoms. The van der Waals surface area contributed by atoms with E-state index in [-0.39, 0.29) is 19.8 Å². The maximum atomic E-state index is 7.12. The molecule has 3 heterocycles. The van der Waals surface area contributed by atoms with E-state index in [2.05, 4.69) is 0 Å². The van der Waals surface area contributed by atoms with Crippen molar-refractivity contribution in [2.75, 3.05) is 20.3 Å². The Morgan fingerprint density at radius 2 is 0.806 bits per heavy atom. The average molecular weight is 847 g/mol. The fourth-order valence-electron chi connectivity index (χ4n) is 8.18. The minimum absolute atomic E-state index is 0.180. The summed E-state index contributed by atoms with van der Waals surface area (Å²) in [4.78, 5) is 0. The second-order valence-electron chi connectivity index (χ2n) is 16.3. The van der Waals surface area contributed by atoms with Crippen LogP contribution in [0.5, 0.6) is 0 Å². The average Bonchev–Trinajstić information content (AvgIpc) is 3.65. The molecule has 5 aromatic carbocycles. The molecule has 0 spiro atoms. The van der Waals surface area contributed by atoms with Gasteiger partial charge in [0.05, 0.1) is 46.2 Å². The molecule has 0 N–H and O–H groups in total. The van der Waals surface area contributed by atoms with E-state index in [4.69, 9.17) is 52.1 Å². The second kappa shape index (κ2) is 21.8. The molecule has 3 aliphatic rings. The van der Waals surface area contributed by atoms with E-state index in [9.17, 15) is 0 Å². The van der Waals surface area contributed by atoms with Crippen LogP contribution in [0.1, 0.15) is 41.7 Å². The largest absolute Gasteiger partial charge is 0.374 e. The van der Waals surface area contributed by atoms with Crippen LogP contribution in [0.25, 0.3) is 0 Å². The van der Waals surface area contributed by atoms with Crippen molar-refractivity contribution in [3.05, 3.63) is 179 Å². The molecule has 11 heteroatoms. The number of hydrogen-bond acceptors (Lipinski definition) is 11. The summed E-state index contributed by atoms with van der Waals surface area (Å²) in [6.45, 7) is 5.86. The quantitative estimate of drug-likeness (QED) is 0.0759. The topological polar surface area (TPSA) is 102 Å². The van der Waals surface area contributed by atoms with E-state index in [1.165, 1.54) is 0 Å². The van der Waals surface area contributed by atoms with Gasteiger partial charge in [-0.2, -0.15) is 0 Å². The third kappa shape index (κ3) is 11.8. The van der Waals surface area contributed by atoms with Crippen LogP contribution in [-0.4, -0.2) is 87.5 Å². The lowest BCUT2D eigenvalue weighted by atomic mass is 9.96. The Kier molecular flexibility index (Phi) is 15.6. The van der Waals surface area contributed by atoms with Gasteiger partial charge in [-0.15, -0.1) is 0 Å². The predicted molar refractivity (Wildman–Crippen MR) is 230 cm³/mol. The molecule has 3 fully saturated rings. The van der Waals surface area contributed by atoms with E-state index in [0.29, 0.717) is 26.4 Å². The van der Waals surface area contributed by atoms with Crippen LogP contribution in [-0.2, 0) is 85.1 Å². The van der Waals surface area contributed by atoms with Crippen molar-refractivity contribution in [1.29, 1.82) is 0 Å². The summed E-state index contributed by atoms with van der Waals surface area (Å²) < 4.78 is 73.3. The summed E-state index contributed by atoms with van der Waals surface area (Å²) in [7, 11) is 1.59. The molecule has 0 bridgehead atoms. The van der Waals surface area contributed by atoms with Gasteiger partial charge in [0.25, 0.3) is 0 Å². The molecule has 0 radical (unpaired) electrons. The fraction of sp³-hybridized carbons (Fsp3) is 0.412. The van der Waals surface area contributed by atoms with Crippen molar-refractivity contribution in [2.24, 2.45) is 0 Å². The second-order valence-corrected chi connectivity index (χ2v) is 16.3. The van der Waals surface area contributed by atoms with Crippen molar-refractivity contribution in [2.45, 2.75) is 114 Å². The molecule has 0 saturated carbocycles. The Morgan fingerprint density at radius 3 is 1.27 bits per heavy atom. The van der Waals surface area contributed by atoms with Gasteiger partial charge in [-0.3, -0.25) is 0 Å². The zero-order valence-electron chi connectivity index (χ0n) is 35.6. The highest BCUT2D eigenvalue weighted by molar-refractivity contribution is 5.17. The number of fused-ring (bicyclic) bond motifs is 1. The van der Waals surface area contributed by atoms with Crippen molar-refractivity contribution in [3.63, 3.8) is 0 Å². The van der Waals surface area contributed by atoms with Gasteiger partial charge in [-0.25, -0.2) is 0 Å². The van der Waals surface area contributed by atoms with Gasteiger partial charge in [0, 0.05) is 7.11 Å². The van der Waals surface area contributed by atoms with Crippen LogP contribution < -0.4 is 0 Å². The summed E-state index contributed by atoms with van der Waals surface area (Å²) in [6.07, 6.45) is -7.16. The zero-order valence-corrected chi connectivity index (χ0v) is 35.6. The summed E-state index contributed by atoms with van der Waals surface area (Å²) >= 11 is 0. The highest BCUT2D eigenvalue weighted by Gasteiger charge is 2.58. The lowest BCUT2D eigenvalue weighted by Gasteiger charge is -2.48. The van der Waals surface area contributed by atoms with Crippen LogP contribution in [0.2, 0.25) is 0 Å². The van der Waals surface area contributed by atoms with Gasteiger partial charge in [0.1, 0.15) is 48.8 Å². The number of ether oxygens (including phenoxy) is 11. The molecule has 328 valence electrons. The molecule has 0 aromatic heterocycles.